The van der Waals surface area contributed by atoms with Crippen molar-refractivity contribution in [3.05, 3.63) is 71.6 Å². The van der Waals surface area contributed by atoms with Crippen LogP contribution in [0.2, 0.25) is 0 Å². The van der Waals surface area contributed by atoms with Crippen molar-refractivity contribution < 1.29 is 42.2 Å². The Bertz CT molecular complexity index is 2030. The van der Waals surface area contributed by atoms with Crippen LogP contribution in [0.15, 0.2) is 48.7 Å². The number of Topliss-reactive ketones (excluding diaryl/α,β-unsaturated/α-hetero) is 1. The van der Waals surface area contributed by atoms with Gasteiger partial charge in [0.05, 0.1) is 42.2 Å². The average Bonchev–Trinajstić information content (AvgIpc) is 3.97. The van der Waals surface area contributed by atoms with Crippen LogP contribution >= 0.6 is 11.8 Å². The molecule has 2 saturated heterocycles. The number of fused-ring (bicyclic) bond motifs is 1. The number of carbonyl (C=O) groups is 5. The fraction of sp³-hybridized carbons (Fsp3) is 0.568. The highest BCUT2D eigenvalue weighted by Crippen LogP contribution is 2.33. The molecule has 19 heteroatoms. The monoisotopic (exact) mass is 897 g/mol. The van der Waals surface area contributed by atoms with Crippen LogP contribution in [0.25, 0.3) is 5.69 Å². The first-order chi connectivity index (χ1) is 30.0. The van der Waals surface area contributed by atoms with E-state index >= 15 is 0 Å². The Morgan fingerprint density at radius 1 is 1.00 bits per heavy atom. The topological polar surface area (TPSA) is 221 Å². The Balaban J connectivity index is 1.01. The molecule has 2 fully saturated rings. The van der Waals surface area contributed by atoms with Crippen molar-refractivity contribution in [1.82, 2.24) is 41.6 Å². The Labute approximate surface area is 371 Å². The maximum absolute atomic E-state index is 14.1. The van der Waals surface area contributed by atoms with Gasteiger partial charge in [0, 0.05) is 41.6 Å². The van der Waals surface area contributed by atoms with E-state index in [4.69, 9.17) is 15.2 Å². The van der Waals surface area contributed by atoms with E-state index < -0.39 is 52.7 Å². The summed E-state index contributed by atoms with van der Waals surface area (Å²) in [7, 11) is 0. The van der Waals surface area contributed by atoms with Crippen molar-refractivity contribution >= 4 is 41.3 Å². The normalized spacial score (nSPS) is 17.6. The number of unbranched alkanes of at least 4 members (excludes halogenated alkanes) is 2. The number of ketones is 1. The number of aromatic nitrogens is 3. The molecule has 63 heavy (non-hydrogen) atoms. The van der Waals surface area contributed by atoms with E-state index in [1.807, 2.05) is 39.5 Å². The number of urea groups is 1. The molecule has 16 nitrogen and oxygen atoms in total. The van der Waals surface area contributed by atoms with Gasteiger partial charge in [-0.25, -0.2) is 18.3 Å². The second kappa shape index (κ2) is 23.0. The number of hydrogen-bond donors (Lipinski definition) is 6. The zero-order valence-corrected chi connectivity index (χ0v) is 37.3. The van der Waals surface area contributed by atoms with Crippen molar-refractivity contribution in [3.63, 3.8) is 0 Å². The lowest BCUT2D eigenvalue weighted by atomic mass is 9.88. The number of rotatable bonds is 26. The van der Waals surface area contributed by atoms with Gasteiger partial charge in [-0.15, -0.1) is 5.10 Å². The number of ether oxygens (including phenoxy) is 2. The number of hydrogen-bond acceptors (Lipinski definition) is 11. The van der Waals surface area contributed by atoms with E-state index in [0.29, 0.717) is 68.4 Å². The zero-order valence-electron chi connectivity index (χ0n) is 36.5. The number of halogens is 2. The molecule has 0 radical (unpaired) electrons. The standard InChI is InChI=1S/C44H61F2N9O7S/c1-43(2,19-22-62-44(3,4)18-21-48-37(57)17-6-5-16-36-38-34(27-63-36)51-42(60)52-38)41(59)49-24-29-25-55(54-53-29)30-12-9-11-28(23-30)40(58)50-33(15-7-8-20-47)35(56)26-61-39-31(45)13-10-14-32(39)46/h9-14,23,25,33-34,36,38H,5-8,15-22,24,26-27,47H2,1-4H3,(H,48,57)(H,49,59)(H,50,58)(H2,51,52,60)/t33-,34-,36-,38-/m0/s1. The fourth-order valence-electron chi connectivity index (χ4n) is 7.25. The number of nitrogens with zero attached hydrogens (tertiary/aromatic N) is 3. The van der Waals surface area contributed by atoms with Crippen LogP contribution in [-0.4, -0.2) is 106 Å². The molecule has 2 aliphatic heterocycles. The molecule has 0 unspecified atom stereocenters. The van der Waals surface area contributed by atoms with Gasteiger partial charge in [0.2, 0.25) is 11.8 Å². The van der Waals surface area contributed by atoms with E-state index in [1.165, 1.54) is 10.7 Å². The number of nitrogens with one attached hydrogen (secondary N) is 5. The van der Waals surface area contributed by atoms with Crippen LogP contribution in [0.5, 0.6) is 5.75 Å². The van der Waals surface area contributed by atoms with Gasteiger partial charge >= 0.3 is 6.03 Å². The number of nitrogens with two attached hydrogens (primary N) is 1. The molecule has 2 aliphatic rings. The molecule has 4 atom stereocenters. The first-order valence-electron chi connectivity index (χ1n) is 21.5. The zero-order chi connectivity index (χ0) is 45.6. The van der Waals surface area contributed by atoms with Gasteiger partial charge in [0.25, 0.3) is 5.91 Å². The predicted octanol–water partition coefficient (Wildman–Crippen LogP) is 4.48. The van der Waals surface area contributed by atoms with Crippen molar-refractivity contribution in [2.24, 2.45) is 11.1 Å². The first kappa shape index (κ1) is 48.9. The van der Waals surface area contributed by atoms with E-state index in [1.54, 1.807) is 30.5 Å². The highest BCUT2D eigenvalue weighted by Gasteiger charge is 2.42. The van der Waals surface area contributed by atoms with Crippen LogP contribution in [-0.2, 0) is 25.7 Å². The first-order valence-corrected chi connectivity index (χ1v) is 22.6. The molecule has 5 amide bonds. The van der Waals surface area contributed by atoms with Crippen LogP contribution < -0.4 is 37.1 Å². The third-order valence-corrected chi connectivity index (χ3v) is 12.7. The van der Waals surface area contributed by atoms with Gasteiger partial charge in [-0.05, 0) is 95.7 Å². The fourth-order valence-corrected chi connectivity index (χ4v) is 8.79. The van der Waals surface area contributed by atoms with E-state index in [9.17, 15) is 32.8 Å². The summed E-state index contributed by atoms with van der Waals surface area (Å²) in [6.07, 6.45) is 7.20. The number of para-hydroxylation sites is 1. The van der Waals surface area contributed by atoms with Gasteiger partial charge in [-0.3, -0.25) is 19.2 Å². The number of amides is 5. The van der Waals surface area contributed by atoms with Crippen LogP contribution in [0, 0.1) is 17.0 Å². The predicted molar refractivity (Wildman–Crippen MR) is 234 cm³/mol. The lowest BCUT2D eigenvalue weighted by Crippen LogP contribution is -2.43. The number of thioether (sulfide) groups is 1. The summed E-state index contributed by atoms with van der Waals surface area (Å²) in [5, 5.41) is 23.3. The van der Waals surface area contributed by atoms with Crippen LogP contribution in [0.1, 0.15) is 102 Å². The summed E-state index contributed by atoms with van der Waals surface area (Å²) in [6, 6.07) is 9.03. The van der Waals surface area contributed by atoms with Gasteiger partial charge in [0.15, 0.2) is 23.2 Å². The minimum atomic E-state index is -0.995. The molecular formula is C44H61F2N9O7S. The average molecular weight is 898 g/mol. The highest BCUT2D eigenvalue weighted by atomic mass is 32.2. The smallest absolute Gasteiger partial charge is 0.315 e. The molecule has 3 heterocycles. The Morgan fingerprint density at radius 3 is 2.52 bits per heavy atom. The van der Waals surface area contributed by atoms with Gasteiger partial charge < -0.3 is 41.8 Å². The van der Waals surface area contributed by atoms with Gasteiger partial charge in [0.1, 0.15) is 12.3 Å². The van der Waals surface area contributed by atoms with Crippen molar-refractivity contribution in [2.75, 3.05) is 32.1 Å². The molecule has 5 rings (SSSR count). The molecule has 3 aromatic rings. The summed E-state index contributed by atoms with van der Waals surface area (Å²) >= 11 is 1.88. The quantitative estimate of drug-likeness (QED) is 0.0487. The summed E-state index contributed by atoms with van der Waals surface area (Å²) < 4.78 is 40.9. The lowest BCUT2D eigenvalue weighted by Gasteiger charge is -2.29. The van der Waals surface area contributed by atoms with Gasteiger partial charge in [-0.2, -0.15) is 11.8 Å². The largest absolute Gasteiger partial charge is 0.480 e. The molecule has 0 bridgehead atoms. The van der Waals surface area contributed by atoms with Crippen molar-refractivity contribution in [1.29, 1.82) is 0 Å². The molecule has 1 aromatic heterocycles. The molecule has 0 aliphatic carbocycles. The molecular weight excluding hydrogens is 837 g/mol. The summed E-state index contributed by atoms with van der Waals surface area (Å²) in [4.78, 5) is 63.8. The molecule has 344 valence electrons. The highest BCUT2D eigenvalue weighted by molar-refractivity contribution is 8.00. The van der Waals surface area contributed by atoms with Crippen molar-refractivity contribution in [3.8, 4) is 11.4 Å². The molecule has 7 N–H and O–H groups in total. The van der Waals surface area contributed by atoms with Crippen molar-refractivity contribution in [2.45, 2.75) is 121 Å². The third kappa shape index (κ3) is 14.7. The summed E-state index contributed by atoms with van der Waals surface area (Å²) in [6.45, 7) is 8.25. The molecule has 0 spiro atoms. The number of carbonyl (C=O) groups excluding carboxylic acids is 5. The summed E-state index contributed by atoms with van der Waals surface area (Å²) in [5.41, 5.74) is 5.56. The maximum atomic E-state index is 14.1. The van der Waals surface area contributed by atoms with E-state index in [-0.39, 0.29) is 48.5 Å². The second-order valence-electron chi connectivity index (χ2n) is 17.2. The number of benzene rings is 2. The molecule has 2 aromatic carbocycles. The second-order valence-corrected chi connectivity index (χ2v) is 18.5. The van der Waals surface area contributed by atoms with Gasteiger partial charge in [-0.1, -0.05) is 37.6 Å². The summed E-state index contributed by atoms with van der Waals surface area (Å²) in [5.74, 6) is -2.93. The maximum Gasteiger partial charge on any atom is 0.315 e. The Kier molecular flexibility index (Phi) is 17.8. The Hall–Kier alpha value is -5.14. The Morgan fingerprint density at radius 2 is 1.76 bits per heavy atom. The van der Waals surface area contributed by atoms with E-state index in [0.717, 1.165) is 37.1 Å². The SMILES string of the molecule is CC(C)(CCNC(=O)CCCC[C@@H]1SC[C@@H]2NC(=O)N[C@@H]21)OCCC(C)(C)C(=O)NCc1cn(-c2cccc(C(=O)N[C@@H](CCCCN)C(=O)COc3c(F)cccc3F)c2)nn1. The van der Waals surface area contributed by atoms with Crippen LogP contribution in [0.3, 0.4) is 0 Å². The lowest BCUT2D eigenvalue weighted by molar-refractivity contribution is -0.131. The van der Waals surface area contributed by atoms with E-state index in [2.05, 4.69) is 36.9 Å². The van der Waals surface area contributed by atoms with Crippen LogP contribution in [0.4, 0.5) is 13.6 Å². The third-order valence-electron chi connectivity index (χ3n) is 11.2. The molecule has 0 saturated carbocycles. The minimum Gasteiger partial charge on any atom is -0.480 e. The minimum absolute atomic E-state index is 0.00820.